The number of rotatable bonds is 1. The van der Waals surface area contributed by atoms with Gasteiger partial charge in [-0.15, -0.1) is 0 Å². The molecule has 1 aliphatic heterocycles. The minimum absolute atomic E-state index is 0.286. The number of benzene rings is 1. The number of nitrogens with two attached hydrogens (primary N) is 1. The molecule has 106 valence electrons. The van der Waals surface area contributed by atoms with Gasteiger partial charge in [0.05, 0.1) is 23.3 Å². The highest BCUT2D eigenvalue weighted by molar-refractivity contribution is 6.23. The Morgan fingerprint density at radius 3 is 2.60 bits per heavy atom. The van der Waals surface area contributed by atoms with Crippen LogP contribution in [0, 0.1) is 0 Å². The first-order valence-electron chi connectivity index (χ1n) is 7.05. The largest absolute Gasteiger partial charge is 0.398 e. The molecule has 2 unspecified atom stereocenters. The molecule has 2 atom stereocenters. The molecule has 1 saturated carbocycles. The van der Waals surface area contributed by atoms with Gasteiger partial charge in [-0.1, -0.05) is 25.3 Å². The summed E-state index contributed by atoms with van der Waals surface area (Å²) in [5.74, 6) is -0.697. The predicted molar refractivity (Wildman–Crippen MR) is 74.2 cm³/mol. The van der Waals surface area contributed by atoms with E-state index in [9.17, 15) is 14.7 Å². The van der Waals surface area contributed by atoms with Crippen LogP contribution in [-0.4, -0.2) is 34.0 Å². The zero-order valence-electron chi connectivity index (χ0n) is 11.2. The molecule has 2 amide bonds. The second kappa shape index (κ2) is 4.90. The van der Waals surface area contributed by atoms with Crippen molar-refractivity contribution in [1.29, 1.82) is 0 Å². The van der Waals surface area contributed by atoms with Crippen molar-refractivity contribution in [2.45, 2.75) is 44.2 Å². The molecule has 1 heterocycles. The number of aliphatic hydroxyl groups excluding tert-OH is 1. The third kappa shape index (κ3) is 1.89. The van der Waals surface area contributed by atoms with E-state index >= 15 is 0 Å². The molecule has 2 aliphatic rings. The van der Waals surface area contributed by atoms with E-state index in [2.05, 4.69) is 0 Å². The summed E-state index contributed by atoms with van der Waals surface area (Å²) in [6.45, 7) is 0. The van der Waals surface area contributed by atoms with Crippen LogP contribution in [0.5, 0.6) is 0 Å². The fourth-order valence-corrected chi connectivity index (χ4v) is 3.20. The Kier molecular flexibility index (Phi) is 3.22. The number of nitrogen functional groups attached to an aromatic ring is 1. The average Bonchev–Trinajstić information content (AvgIpc) is 2.57. The molecule has 0 spiro atoms. The first kappa shape index (κ1) is 13.1. The van der Waals surface area contributed by atoms with Crippen molar-refractivity contribution in [2.75, 3.05) is 5.73 Å². The lowest BCUT2D eigenvalue weighted by Crippen LogP contribution is -2.46. The fourth-order valence-electron chi connectivity index (χ4n) is 3.20. The molecule has 3 rings (SSSR count). The first-order valence-corrected chi connectivity index (χ1v) is 7.05. The maximum absolute atomic E-state index is 12.5. The van der Waals surface area contributed by atoms with Crippen molar-refractivity contribution < 1.29 is 14.7 Å². The number of carbonyl (C=O) groups is 2. The van der Waals surface area contributed by atoms with E-state index in [0.29, 0.717) is 24.1 Å². The van der Waals surface area contributed by atoms with Crippen LogP contribution in [0.3, 0.4) is 0 Å². The topological polar surface area (TPSA) is 83.6 Å². The highest BCUT2D eigenvalue weighted by Gasteiger charge is 2.43. The number of fused-ring (bicyclic) bond motifs is 1. The van der Waals surface area contributed by atoms with Crippen LogP contribution in [0.4, 0.5) is 5.69 Å². The molecule has 1 fully saturated rings. The molecule has 3 N–H and O–H groups in total. The maximum atomic E-state index is 12.5. The number of imide groups is 1. The van der Waals surface area contributed by atoms with Gasteiger partial charge < -0.3 is 10.8 Å². The molecular weight excluding hydrogens is 256 g/mol. The van der Waals surface area contributed by atoms with Crippen molar-refractivity contribution in [3.63, 3.8) is 0 Å². The molecule has 0 saturated heterocycles. The lowest BCUT2D eigenvalue weighted by atomic mass is 10.0. The van der Waals surface area contributed by atoms with E-state index < -0.39 is 12.1 Å². The van der Waals surface area contributed by atoms with Gasteiger partial charge in [-0.2, -0.15) is 0 Å². The molecule has 0 bridgehead atoms. The third-order valence-electron chi connectivity index (χ3n) is 4.25. The van der Waals surface area contributed by atoms with Gasteiger partial charge in [0.25, 0.3) is 11.8 Å². The van der Waals surface area contributed by atoms with Crippen LogP contribution >= 0.6 is 0 Å². The van der Waals surface area contributed by atoms with E-state index in [1.807, 2.05) is 0 Å². The number of anilines is 1. The Morgan fingerprint density at radius 1 is 1.10 bits per heavy atom. The lowest BCUT2D eigenvalue weighted by Gasteiger charge is -2.28. The first-order chi connectivity index (χ1) is 9.61. The van der Waals surface area contributed by atoms with Crippen LogP contribution in [-0.2, 0) is 0 Å². The van der Waals surface area contributed by atoms with Gasteiger partial charge in [0.2, 0.25) is 0 Å². The quantitative estimate of drug-likeness (QED) is 0.462. The molecule has 20 heavy (non-hydrogen) atoms. The summed E-state index contributed by atoms with van der Waals surface area (Å²) >= 11 is 0. The fraction of sp³-hybridized carbons (Fsp3) is 0.467. The Labute approximate surface area is 117 Å². The second-order valence-corrected chi connectivity index (χ2v) is 5.52. The summed E-state index contributed by atoms with van der Waals surface area (Å²) in [6, 6.07) is 4.49. The average molecular weight is 274 g/mol. The Morgan fingerprint density at radius 2 is 1.85 bits per heavy atom. The highest BCUT2D eigenvalue weighted by atomic mass is 16.3. The number of hydrogen-bond acceptors (Lipinski definition) is 4. The van der Waals surface area contributed by atoms with Crippen LogP contribution in [0.2, 0.25) is 0 Å². The van der Waals surface area contributed by atoms with E-state index in [1.165, 1.54) is 4.90 Å². The molecule has 0 radical (unpaired) electrons. The molecule has 5 nitrogen and oxygen atoms in total. The van der Waals surface area contributed by atoms with Gasteiger partial charge in [-0.05, 0) is 25.0 Å². The van der Waals surface area contributed by atoms with Gasteiger partial charge in [0.1, 0.15) is 0 Å². The normalized spacial score (nSPS) is 26.6. The number of hydrogen-bond donors (Lipinski definition) is 2. The molecule has 0 aromatic heterocycles. The summed E-state index contributed by atoms with van der Waals surface area (Å²) < 4.78 is 0. The standard InChI is InChI=1S/C15H18N2O3/c16-10-6-4-5-9-13(10)15(20)17(14(9)19)11-7-2-1-3-8-12(11)18/h4-6,11-12,18H,1-3,7-8,16H2. The monoisotopic (exact) mass is 274 g/mol. The maximum Gasteiger partial charge on any atom is 0.263 e. The van der Waals surface area contributed by atoms with E-state index in [0.717, 1.165) is 19.3 Å². The van der Waals surface area contributed by atoms with Crippen LogP contribution < -0.4 is 5.73 Å². The molecule has 1 aromatic rings. The predicted octanol–water partition coefficient (Wildman–Crippen LogP) is 1.56. The summed E-state index contributed by atoms with van der Waals surface area (Å²) in [6.07, 6.45) is 3.54. The van der Waals surface area contributed by atoms with E-state index in [-0.39, 0.29) is 17.4 Å². The zero-order chi connectivity index (χ0) is 14.3. The van der Waals surface area contributed by atoms with Crippen LogP contribution in [0.25, 0.3) is 0 Å². The zero-order valence-corrected chi connectivity index (χ0v) is 11.2. The van der Waals surface area contributed by atoms with E-state index in [4.69, 9.17) is 5.73 Å². The molecule has 5 heteroatoms. The van der Waals surface area contributed by atoms with Gasteiger partial charge in [0, 0.05) is 5.69 Å². The van der Waals surface area contributed by atoms with Gasteiger partial charge in [-0.25, -0.2) is 0 Å². The highest BCUT2D eigenvalue weighted by Crippen LogP contribution is 2.33. The second-order valence-electron chi connectivity index (χ2n) is 5.52. The smallest absolute Gasteiger partial charge is 0.263 e. The van der Waals surface area contributed by atoms with Gasteiger partial charge in [0.15, 0.2) is 0 Å². The van der Waals surface area contributed by atoms with Crippen molar-refractivity contribution in [1.82, 2.24) is 4.90 Å². The SMILES string of the molecule is Nc1cccc2c1C(=O)N(C1CCCCCC1O)C2=O. The van der Waals surface area contributed by atoms with Crippen molar-refractivity contribution >= 4 is 17.5 Å². The van der Waals surface area contributed by atoms with E-state index in [1.54, 1.807) is 18.2 Å². The van der Waals surface area contributed by atoms with Crippen molar-refractivity contribution in [3.05, 3.63) is 29.3 Å². The number of aliphatic hydroxyl groups is 1. The molecular formula is C15H18N2O3. The number of carbonyl (C=O) groups excluding carboxylic acids is 2. The van der Waals surface area contributed by atoms with Crippen molar-refractivity contribution in [2.24, 2.45) is 0 Å². The Balaban J connectivity index is 1.98. The number of nitrogens with zero attached hydrogens (tertiary/aromatic N) is 1. The minimum Gasteiger partial charge on any atom is -0.398 e. The summed E-state index contributed by atoms with van der Waals surface area (Å²) in [7, 11) is 0. The Hall–Kier alpha value is -1.88. The lowest BCUT2D eigenvalue weighted by molar-refractivity contribution is 0.0321. The Bertz CT molecular complexity index is 570. The molecule has 1 aliphatic carbocycles. The van der Waals surface area contributed by atoms with Crippen LogP contribution in [0.1, 0.15) is 52.8 Å². The van der Waals surface area contributed by atoms with Gasteiger partial charge in [-0.3, -0.25) is 14.5 Å². The summed E-state index contributed by atoms with van der Waals surface area (Å²) in [5.41, 5.74) is 6.78. The third-order valence-corrected chi connectivity index (χ3v) is 4.25. The van der Waals surface area contributed by atoms with Crippen molar-refractivity contribution in [3.8, 4) is 0 Å². The molecule has 1 aromatic carbocycles. The van der Waals surface area contributed by atoms with Crippen LogP contribution in [0.15, 0.2) is 18.2 Å². The minimum atomic E-state index is -0.638. The summed E-state index contributed by atoms with van der Waals surface area (Å²) in [4.78, 5) is 26.2. The summed E-state index contributed by atoms with van der Waals surface area (Å²) in [5, 5.41) is 10.2. The van der Waals surface area contributed by atoms with Gasteiger partial charge >= 0.3 is 0 Å². The number of amides is 2.